The van der Waals surface area contributed by atoms with Crippen LogP contribution in [0.4, 0.5) is 73.6 Å². The molecule has 2 aliphatic rings. The molecule has 9 aromatic carbocycles. The number of hydrogen-bond acceptors (Lipinski definition) is 28. The number of nitrogen functional groups attached to an aromatic ring is 2. The van der Waals surface area contributed by atoms with Gasteiger partial charge in [-0.05, 0) is 225 Å². The first-order chi connectivity index (χ1) is 65.3. The number of hydrogen-bond donors (Lipinski definition) is 12. The Bertz CT molecular complexity index is 6040. The van der Waals surface area contributed by atoms with Crippen molar-refractivity contribution >= 4 is 169 Å². The van der Waals surface area contributed by atoms with E-state index in [0.29, 0.717) is 86.8 Å². The molecule has 13 aromatic rings. The molecule has 136 heavy (non-hydrogen) atoms. The Kier molecular flexibility index (Phi) is 42.6. The number of rotatable bonds is 24. The predicted octanol–water partition coefficient (Wildman–Crippen LogP) is 16.5. The number of nitrogens with two attached hydrogens (primary N) is 2. The minimum Gasteiger partial charge on any atom is -0.492 e. The normalized spacial score (nSPS) is 11.9. The average molecular weight is 1930 g/mol. The Balaban J connectivity index is 0.000000189. The zero-order valence-electron chi connectivity index (χ0n) is 75.4. The van der Waals surface area contributed by atoms with E-state index in [1.165, 1.54) is 46.0 Å². The number of amides is 6. The van der Waals surface area contributed by atoms with Gasteiger partial charge in [0, 0.05) is 176 Å². The van der Waals surface area contributed by atoms with Crippen molar-refractivity contribution in [1.82, 2.24) is 49.7 Å². The quantitative estimate of drug-likeness (QED) is 0.00879. The number of halogens is 4. The first-order valence-corrected chi connectivity index (χ1v) is 43.9. The second-order valence-corrected chi connectivity index (χ2v) is 31.8. The number of nitrogens with zero attached hydrogens (tertiary/aromatic N) is 10. The highest BCUT2D eigenvalue weighted by molar-refractivity contribution is 6.67. The Hall–Kier alpha value is -14.6. The highest BCUT2D eigenvalue weighted by atomic mass is 35.5. The minimum atomic E-state index is -1.47. The van der Waals surface area contributed by atoms with E-state index in [9.17, 15) is 33.6 Å². The van der Waals surface area contributed by atoms with Crippen molar-refractivity contribution in [2.45, 2.75) is 54.1 Å². The third kappa shape index (κ3) is 40.0. The molecular formula is C97H103BCl4N20O14. The number of morpholine rings is 2. The van der Waals surface area contributed by atoms with Crippen LogP contribution in [0.1, 0.15) is 69.2 Å². The first-order valence-electron chi connectivity index (χ1n) is 42.4. The summed E-state index contributed by atoms with van der Waals surface area (Å²) in [5.74, 6) is 1.53. The molecule has 4 aromatic heterocycles. The Morgan fingerprint density at radius 3 is 1.18 bits per heavy atom. The van der Waals surface area contributed by atoms with Gasteiger partial charge in [-0.1, -0.05) is 90.5 Å². The van der Waals surface area contributed by atoms with Crippen LogP contribution in [0.5, 0.6) is 11.5 Å². The van der Waals surface area contributed by atoms with Crippen molar-refractivity contribution in [3.63, 3.8) is 0 Å². The van der Waals surface area contributed by atoms with Crippen molar-refractivity contribution < 1.29 is 67.3 Å². The number of aromatic nitrogens is 8. The number of carbonyl (C=O) groups is 7. The van der Waals surface area contributed by atoms with Crippen molar-refractivity contribution in [3.8, 4) is 45.3 Å². The van der Waals surface area contributed by atoms with Crippen molar-refractivity contribution in [2.24, 2.45) is 0 Å². The highest BCUT2D eigenvalue weighted by Crippen LogP contribution is 2.28. The molecule has 14 N–H and O–H groups in total. The predicted molar refractivity (Wildman–Crippen MR) is 534 cm³/mol. The zero-order valence-corrected chi connectivity index (χ0v) is 78.4. The standard InChI is InChI=1S/C31H32N6O4.C18H17N5O.C13H16ClNO3.C12H10ClN3O.C11H16N2O2.C8H10BNO3.C4H2Cl2N2/c1-22(38)33-25-10-8-23(9-11-25)29-12-13-32-31(36-29)35-27-6-3-5-26(21-27)34-30(39)24-4-2-7-28(20-24)41-19-16-37-14-17-40-18-15-37;1-12(24)21-15-7-5-13(6-8-15)17-9-10-20-18(23-17)22-16-4-2-3-14(19)11-16;14-13(16)11-2-1-3-12(10-11)18-9-6-15-4-7-17-8-5-15;1-8(17)15-10-4-2-9(3-5-10)11-6-7-14-12(13)16-11;1-11(2,3)15-10(14)13-9-6-4-5-8(12)7-9;1-6(11)10-8-4-2-7(3-5-8)9(12)13;5-3-1-2-7-4(6)8-3/h2-13,20-21H,14-19H2,1H3,(H,33,38)(H,34,39)(H,32,35,36);2-11H,19H2,1H3,(H,21,24)(H,20,22,23);1-3,10H,4-9H2;2-7H,1H3,(H,15,17);4-7H,12H2,1-3H3,(H,13,14);2-5,12-13H,1H3,(H,10,11);1-2H. The van der Waals surface area contributed by atoms with Crippen LogP contribution in [0.25, 0.3) is 33.8 Å². The van der Waals surface area contributed by atoms with Crippen LogP contribution in [0.2, 0.25) is 15.7 Å². The van der Waals surface area contributed by atoms with Crippen molar-refractivity contribution in [3.05, 3.63) is 294 Å². The van der Waals surface area contributed by atoms with Crippen molar-refractivity contribution in [2.75, 3.05) is 133 Å². The topological polar surface area (TPSA) is 464 Å². The van der Waals surface area contributed by atoms with Gasteiger partial charge in [0.1, 0.15) is 35.5 Å². The zero-order chi connectivity index (χ0) is 97.7. The maximum Gasteiger partial charge on any atom is 0.488 e. The number of ether oxygens (including phenoxy) is 5. The smallest absolute Gasteiger partial charge is 0.488 e. The van der Waals surface area contributed by atoms with Gasteiger partial charge >= 0.3 is 13.2 Å². The summed E-state index contributed by atoms with van der Waals surface area (Å²) in [4.78, 5) is 117. The maximum absolute atomic E-state index is 13.0. The van der Waals surface area contributed by atoms with Crippen LogP contribution in [-0.2, 0) is 33.4 Å². The maximum atomic E-state index is 13.0. The molecule has 34 nitrogen and oxygen atoms in total. The number of carbonyl (C=O) groups excluding carboxylic acids is 7. The monoisotopic (exact) mass is 1920 g/mol. The van der Waals surface area contributed by atoms with Crippen LogP contribution in [0.15, 0.2) is 267 Å². The molecule has 2 fully saturated rings. The fraction of sp³-hybridized carbons (Fsp3) is 0.206. The molecule has 15 rings (SSSR count). The summed E-state index contributed by atoms with van der Waals surface area (Å²) in [5.41, 5.74) is 24.1. The summed E-state index contributed by atoms with van der Waals surface area (Å²) in [5, 5.41) is 40.5. The fourth-order valence-electron chi connectivity index (χ4n) is 12.2. The average Bonchev–Trinajstić information content (AvgIpc) is 0.842. The van der Waals surface area contributed by atoms with Crippen LogP contribution in [0, 0.1) is 0 Å². The molecule has 6 heterocycles. The fourth-order valence-corrected chi connectivity index (χ4v) is 12.7. The molecule has 0 bridgehead atoms. The van der Waals surface area contributed by atoms with Gasteiger partial charge in [0.15, 0.2) is 0 Å². The van der Waals surface area contributed by atoms with E-state index in [2.05, 4.69) is 92.2 Å². The van der Waals surface area contributed by atoms with Crippen molar-refractivity contribution in [1.29, 1.82) is 0 Å². The molecule has 39 heteroatoms. The van der Waals surface area contributed by atoms with Crippen LogP contribution in [0.3, 0.4) is 0 Å². The summed E-state index contributed by atoms with van der Waals surface area (Å²) in [7, 11) is -1.47. The molecule has 706 valence electrons. The minimum absolute atomic E-state index is 0.0946. The van der Waals surface area contributed by atoms with Gasteiger partial charge < -0.3 is 82.4 Å². The molecule has 2 aliphatic heterocycles. The number of anilines is 12. The lowest BCUT2D eigenvalue weighted by atomic mass is 9.80. The van der Waals surface area contributed by atoms with Gasteiger partial charge in [0.25, 0.3) is 11.1 Å². The van der Waals surface area contributed by atoms with E-state index < -0.39 is 24.1 Å². The molecule has 0 aliphatic carbocycles. The van der Waals surface area contributed by atoms with E-state index >= 15 is 0 Å². The molecule has 0 saturated carbocycles. The third-order valence-corrected chi connectivity index (χ3v) is 19.1. The van der Waals surface area contributed by atoms with Gasteiger partial charge in [-0.25, -0.2) is 44.7 Å². The lowest BCUT2D eigenvalue weighted by Gasteiger charge is -2.26. The van der Waals surface area contributed by atoms with E-state index in [1.807, 2.05) is 172 Å². The molecule has 0 radical (unpaired) electrons. The van der Waals surface area contributed by atoms with Gasteiger partial charge in [-0.15, -0.1) is 0 Å². The summed E-state index contributed by atoms with van der Waals surface area (Å²) in [6.45, 7) is 20.9. The van der Waals surface area contributed by atoms with Gasteiger partial charge in [-0.2, -0.15) is 0 Å². The molecule has 0 spiro atoms. The summed E-state index contributed by atoms with van der Waals surface area (Å²) in [6, 6.07) is 71.3. The van der Waals surface area contributed by atoms with Crippen LogP contribution < -0.4 is 68.9 Å². The van der Waals surface area contributed by atoms with Gasteiger partial charge in [0.2, 0.25) is 46.1 Å². The summed E-state index contributed by atoms with van der Waals surface area (Å²) in [6.07, 6.45) is 5.99. The molecule has 0 unspecified atom stereocenters. The van der Waals surface area contributed by atoms with Crippen LogP contribution >= 0.6 is 46.4 Å². The molecule has 6 amide bonds. The van der Waals surface area contributed by atoms with E-state index in [4.69, 9.17) is 91.6 Å². The Morgan fingerprint density at radius 1 is 0.412 bits per heavy atom. The van der Waals surface area contributed by atoms with E-state index in [1.54, 1.807) is 97.5 Å². The highest BCUT2D eigenvalue weighted by Gasteiger charge is 2.19. The largest absolute Gasteiger partial charge is 0.492 e. The first kappa shape index (κ1) is 105. The second-order valence-electron chi connectivity index (χ2n) is 30.4. The third-order valence-electron chi connectivity index (χ3n) is 18.3. The number of benzene rings is 9. The summed E-state index contributed by atoms with van der Waals surface area (Å²) < 4.78 is 27.2. The number of nitrogens with one attached hydrogen (secondary N) is 8. The van der Waals surface area contributed by atoms with E-state index in [-0.39, 0.29) is 40.1 Å². The lowest BCUT2D eigenvalue weighted by molar-refractivity contribution is -0.115. The Morgan fingerprint density at radius 2 is 0.779 bits per heavy atom. The lowest BCUT2D eigenvalue weighted by Crippen LogP contribution is -2.38. The van der Waals surface area contributed by atoms with Gasteiger partial charge in [-0.3, -0.25) is 43.9 Å². The summed E-state index contributed by atoms with van der Waals surface area (Å²) >= 11 is 21.9. The second kappa shape index (κ2) is 55.1. The van der Waals surface area contributed by atoms with E-state index in [0.717, 1.165) is 128 Å². The van der Waals surface area contributed by atoms with Gasteiger partial charge in [0.05, 0.1) is 43.5 Å². The Labute approximate surface area is 807 Å². The van der Waals surface area contributed by atoms with Crippen LogP contribution in [-0.4, -0.2) is 192 Å². The SMILES string of the molecule is CC(=O)Nc1ccc(-c2ccnc(Cl)n2)cc1.CC(=O)Nc1ccc(-c2ccnc(Nc3cccc(N)c3)n2)cc1.CC(=O)Nc1ccc(-c2ccnc(Nc3cccc(NC(=O)c4cccc(OCCN5CCOCC5)c4)c3)n2)cc1.CC(=O)Nc1ccc(B(O)O)cc1.CC(C)(C)OC(=O)Nc1cccc(N)c1.Clc1ccnc(Cl)n1.O=C(Cl)c1cccc(OCCN2CCOCC2)c1. The molecule has 2 saturated heterocycles. The molecular weight excluding hydrogens is 1820 g/mol. The molecule has 0 atom stereocenters.